The number of hydrogen-bond donors (Lipinski definition) is 2. The summed E-state index contributed by atoms with van der Waals surface area (Å²) in [6.45, 7) is 3.24. The highest BCUT2D eigenvalue weighted by molar-refractivity contribution is 5.29. The first-order valence-corrected chi connectivity index (χ1v) is 7.20. The van der Waals surface area contributed by atoms with E-state index in [9.17, 15) is 0 Å². The van der Waals surface area contributed by atoms with Gasteiger partial charge in [-0.2, -0.15) is 0 Å². The molecule has 0 radical (unpaired) electrons. The molecule has 0 heterocycles. The molecule has 3 N–H and O–H groups in total. The fourth-order valence-corrected chi connectivity index (χ4v) is 2.12. The predicted octanol–water partition coefficient (Wildman–Crippen LogP) is 3.06. The lowest BCUT2D eigenvalue weighted by atomic mass is 10.0. The Balaban J connectivity index is 1.87. The number of ether oxygens (including phenoxy) is 2. The lowest BCUT2D eigenvalue weighted by Crippen LogP contribution is -2.29. The van der Waals surface area contributed by atoms with Crippen LogP contribution < -0.4 is 20.7 Å². The molecular formula is C17H22N2O2. The summed E-state index contributed by atoms with van der Waals surface area (Å²) in [6.07, 6.45) is 0.791. The van der Waals surface area contributed by atoms with Crippen molar-refractivity contribution < 1.29 is 9.47 Å². The fraction of sp³-hybridized carbons (Fsp3) is 0.294. The highest BCUT2D eigenvalue weighted by Crippen LogP contribution is 2.20. The highest BCUT2D eigenvalue weighted by atomic mass is 16.5. The molecule has 0 aliphatic rings. The maximum Gasteiger partial charge on any atom is 0.119 e. The normalized spacial score (nSPS) is 11.9. The van der Waals surface area contributed by atoms with Crippen molar-refractivity contribution in [3.8, 4) is 11.5 Å². The summed E-state index contributed by atoms with van der Waals surface area (Å²) in [6, 6.07) is 17.8. The summed E-state index contributed by atoms with van der Waals surface area (Å²) >= 11 is 0. The van der Waals surface area contributed by atoms with E-state index in [4.69, 9.17) is 15.3 Å². The summed E-state index contributed by atoms with van der Waals surface area (Å²) in [5.41, 5.74) is 3.96. The van der Waals surface area contributed by atoms with Crippen molar-refractivity contribution in [1.29, 1.82) is 0 Å². The van der Waals surface area contributed by atoms with E-state index in [2.05, 4.69) is 5.43 Å². The van der Waals surface area contributed by atoms with Gasteiger partial charge in [-0.15, -0.1) is 0 Å². The fourth-order valence-electron chi connectivity index (χ4n) is 2.12. The topological polar surface area (TPSA) is 56.5 Å². The molecule has 4 heteroatoms. The third kappa shape index (κ3) is 4.77. The second-order valence-corrected chi connectivity index (χ2v) is 4.67. The number of hydrazine groups is 1. The van der Waals surface area contributed by atoms with E-state index in [0.29, 0.717) is 13.2 Å². The monoisotopic (exact) mass is 286 g/mol. The molecule has 4 nitrogen and oxygen atoms in total. The van der Waals surface area contributed by atoms with Gasteiger partial charge in [0.05, 0.1) is 13.2 Å². The van der Waals surface area contributed by atoms with E-state index in [0.717, 1.165) is 23.5 Å². The van der Waals surface area contributed by atoms with Crippen LogP contribution in [-0.4, -0.2) is 13.2 Å². The van der Waals surface area contributed by atoms with Crippen molar-refractivity contribution in [3.63, 3.8) is 0 Å². The van der Waals surface area contributed by atoms with E-state index < -0.39 is 0 Å². The van der Waals surface area contributed by atoms with Crippen LogP contribution in [0.25, 0.3) is 0 Å². The summed E-state index contributed by atoms with van der Waals surface area (Å²) in [4.78, 5) is 0. The molecule has 21 heavy (non-hydrogen) atoms. The first-order chi connectivity index (χ1) is 10.3. The molecule has 112 valence electrons. The zero-order chi connectivity index (χ0) is 14.9. The zero-order valence-electron chi connectivity index (χ0n) is 12.3. The maximum atomic E-state index is 5.70. The second kappa shape index (κ2) is 8.29. The molecule has 0 bridgehead atoms. The van der Waals surface area contributed by atoms with Crippen LogP contribution in [0.15, 0.2) is 54.6 Å². The van der Waals surface area contributed by atoms with Crippen molar-refractivity contribution in [3.05, 3.63) is 60.2 Å². The van der Waals surface area contributed by atoms with Gasteiger partial charge in [-0.25, -0.2) is 0 Å². The molecule has 2 aromatic carbocycles. The van der Waals surface area contributed by atoms with Crippen LogP contribution in [-0.2, 0) is 0 Å². The van der Waals surface area contributed by atoms with E-state index in [1.165, 1.54) is 0 Å². The van der Waals surface area contributed by atoms with Gasteiger partial charge in [0.25, 0.3) is 0 Å². The number of nitrogens with one attached hydrogen (secondary N) is 1. The smallest absolute Gasteiger partial charge is 0.119 e. The summed E-state index contributed by atoms with van der Waals surface area (Å²) in [5.74, 6) is 7.39. The van der Waals surface area contributed by atoms with Crippen molar-refractivity contribution in [1.82, 2.24) is 5.43 Å². The molecular weight excluding hydrogens is 264 g/mol. The second-order valence-electron chi connectivity index (χ2n) is 4.67. The van der Waals surface area contributed by atoms with Crippen molar-refractivity contribution in [2.45, 2.75) is 19.4 Å². The van der Waals surface area contributed by atoms with E-state index in [1.54, 1.807) is 0 Å². The zero-order valence-corrected chi connectivity index (χ0v) is 12.3. The minimum Gasteiger partial charge on any atom is -0.494 e. The van der Waals surface area contributed by atoms with Crippen molar-refractivity contribution in [2.75, 3.05) is 13.2 Å². The van der Waals surface area contributed by atoms with E-state index >= 15 is 0 Å². The van der Waals surface area contributed by atoms with Gasteiger partial charge in [0, 0.05) is 12.5 Å². The van der Waals surface area contributed by atoms with Crippen LogP contribution >= 0.6 is 0 Å². The molecule has 0 spiro atoms. The van der Waals surface area contributed by atoms with E-state index in [-0.39, 0.29) is 6.04 Å². The molecule has 0 aliphatic heterocycles. The van der Waals surface area contributed by atoms with Crippen LogP contribution in [0.1, 0.15) is 24.9 Å². The van der Waals surface area contributed by atoms with Gasteiger partial charge in [-0.1, -0.05) is 30.3 Å². The number of para-hydroxylation sites is 1. The van der Waals surface area contributed by atoms with Crippen LogP contribution in [0.3, 0.4) is 0 Å². The minimum absolute atomic E-state index is 0.0596. The van der Waals surface area contributed by atoms with Crippen molar-refractivity contribution >= 4 is 0 Å². The SMILES string of the molecule is CCOc1ccc(C(CCOc2ccccc2)NN)cc1. The van der Waals surface area contributed by atoms with Gasteiger partial charge in [0.2, 0.25) is 0 Å². The van der Waals surface area contributed by atoms with Gasteiger partial charge in [0.1, 0.15) is 11.5 Å². The lowest BCUT2D eigenvalue weighted by Gasteiger charge is -2.17. The van der Waals surface area contributed by atoms with Crippen LogP contribution in [0, 0.1) is 0 Å². The third-order valence-electron chi connectivity index (χ3n) is 3.21. The number of hydrogen-bond acceptors (Lipinski definition) is 4. The Morgan fingerprint density at radius 1 is 0.952 bits per heavy atom. The Labute approximate surface area is 125 Å². The number of benzene rings is 2. The van der Waals surface area contributed by atoms with Crippen LogP contribution in [0.4, 0.5) is 0 Å². The number of nitrogens with two attached hydrogens (primary N) is 1. The Kier molecular flexibility index (Phi) is 6.06. The van der Waals surface area contributed by atoms with Gasteiger partial charge < -0.3 is 9.47 Å². The van der Waals surface area contributed by atoms with E-state index in [1.807, 2.05) is 61.5 Å². The van der Waals surface area contributed by atoms with Crippen LogP contribution in [0.5, 0.6) is 11.5 Å². The Morgan fingerprint density at radius 2 is 1.62 bits per heavy atom. The molecule has 0 saturated carbocycles. The Bertz CT molecular complexity index is 514. The Hall–Kier alpha value is -2.04. The molecule has 2 aromatic rings. The lowest BCUT2D eigenvalue weighted by molar-refractivity contribution is 0.287. The average molecular weight is 286 g/mol. The predicted molar refractivity (Wildman–Crippen MR) is 84.2 cm³/mol. The molecule has 0 aliphatic carbocycles. The summed E-state index contributed by atoms with van der Waals surface area (Å²) < 4.78 is 11.1. The average Bonchev–Trinajstić information content (AvgIpc) is 2.54. The van der Waals surface area contributed by atoms with Crippen LogP contribution in [0.2, 0.25) is 0 Å². The summed E-state index contributed by atoms with van der Waals surface area (Å²) in [5, 5.41) is 0. The van der Waals surface area contributed by atoms with Crippen molar-refractivity contribution in [2.24, 2.45) is 5.84 Å². The van der Waals surface area contributed by atoms with Gasteiger partial charge in [-0.05, 0) is 36.8 Å². The third-order valence-corrected chi connectivity index (χ3v) is 3.21. The maximum absolute atomic E-state index is 5.70. The molecule has 0 fully saturated rings. The van der Waals surface area contributed by atoms with Gasteiger partial charge in [-0.3, -0.25) is 11.3 Å². The molecule has 1 atom stereocenters. The first kappa shape index (κ1) is 15.4. The minimum atomic E-state index is 0.0596. The standard InChI is InChI=1S/C17H22N2O2/c1-2-20-16-10-8-14(9-11-16)17(19-18)12-13-21-15-6-4-3-5-7-15/h3-11,17,19H,2,12-13,18H2,1H3. The van der Waals surface area contributed by atoms with Gasteiger partial charge >= 0.3 is 0 Å². The molecule has 2 rings (SSSR count). The molecule has 0 amide bonds. The highest BCUT2D eigenvalue weighted by Gasteiger charge is 2.10. The first-order valence-electron chi connectivity index (χ1n) is 7.20. The Morgan fingerprint density at radius 3 is 2.24 bits per heavy atom. The van der Waals surface area contributed by atoms with Gasteiger partial charge in [0.15, 0.2) is 0 Å². The quantitative estimate of drug-likeness (QED) is 0.578. The largest absolute Gasteiger partial charge is 0.494 e. The molecule has 0 aromatic heterocycles. The molecule has 1 unspecified atom stereocenters. The molecule has 0 saturated heterocycles. The summed E-state index contributed by atoms with van der Waals surface area (Å²) in [7, 11) is 0. The number of rotatable bonds is 8.